The minimum atomic E-state index is -0.695. The molecular formula is C22H18N4O3. The second-order valence-corrected chi connectivity index (χ2v) is 7.48. The van der Waals surface area contributed by atoms with E-state index < -0.39 is 11.9 Å². The molecule has 0 bridgehead atoms. The minimum Gasteiger partial charge on any atom is -0.295 e. The van der Waals surface area contributed by atoms with Crippen LogP contribution in [0, 0.1) is 13.8 Å². The fourth-order valence-electron chi connectivity index (χ4n) is 4.28. The van der Waals surface area contributed by atoms with E-state index in [0.717, 1.165) is 27.7 Å². The predicted octanol–water partition coefficient (Wildman–Crippen LogP) is 2.68. The van der Waals surface area contributed by atoms with Gasteiger partial charge in [-0.2, -0.15) is 0 Å². The Bertz CT molecular complexity index is 1210. The third-order valence-corrected chi connectivity index (χ3v) is 5.47. The maximum Gasteiger partial charge on any atom is 0.259 e. The van der Waals surface area contributed by atoms with Crippen LogP contribution in [-0.4, -0.2) is 33.7 Å². The fraction of sp³-hybridized carbons (Fsp3) is 0.227. The van der Waals surface area contributed by atoms with E-state index in [1.807, 2.05) is 44.2 Å². The number of nitrogens with zero attached hydrogens (tertiary/aromatic N) is 3. The maximum absolute atomic E-state index is 13.2. The van der Waals surface area contributed by atoms with Gasteiger partial charge in [-0.05, 0) is 49.9 Å². The van der Waals surface area contributed by atoms with E-state index in [2.05, 4.69) is 15.3 Å². The Morgan fingerprint density at radius 3 is 2.45 bits per heavy atom. The molecule has 2 aliphatic heterocycles. The fourth-order valence-corrected chi connectivity index (χ4v) is 4.28. The molecule has 1 unspecified atom stereocenters. The molecule has 1 atom stereocenters. The number of anilines is 1. The first-order chi connectivity index (χ1) is 13.9. The largest absolute Gasteiger partial charge is 0.295 e. The Labute approximate surface area is 166 Å². The molecule has 3 amide bonds. The molecule has 3 aromatic rings. The van der Waals surface area contributed by atoms with Gasteiger partial charge in [-0.15, -0.1) is 0 Å². The van der Waals surface area contributed by atoms with E-state index in [-0.39, 0.29) is 18.2 Å². The number of aryl methyl sites for hydroxylation is 2. The number of aromatic nitrogens is 2. The molecule has 1 fully saturated rings. The second-order valence-electron chi connectivity index (χ2n) is 7.48. The summed E-state index contributed by atoms with van der Waals surface area (Å²) in [5, 5.41) is 4.01. The van der Waals surface area contributed by atoms with Crippen LogP contribution in [0.4, 0.5) is 5.69 Å². The van der Waals surface area contributed by atoms with Crippen LogP contribution < -0.4 is 10.2 Å². The van der Waals surface area contributed by atoms with Crippen LogP contribution in [0.3, 0.4) is 0 Å². The number of hydrogen-bond acceptors (Lipinski definition) is 5. The Morgan fingerprint density at radius 1 is 1.00 bits per heavy atom. The highest BCUT2D eigenvalue weighted by Crippen LogP contribution is 2.42. The zero-order valence-electron chi connectivity index (χ0n) is 16.0. The number of imide groups is 1. The van der Waals surface area contributed by atoms with Crippen molar-refractivity contribution in [3.63, 3.8) is 0 Å². The standard InChI is InChI=1S/C22H18N4O3/c1-11-10-12(2)24-20(23-11)14-6-7-15-19-13(14)4-3-5-16(19)26(22(15)29)17-8-9-18(27)25-21(17)28/h3-7,10,17H,8-9H2,1-2H3,(H,25,27,28). The smallest absolute Gasteiger partial charge is 0.259 e. The number of amides is 3. The van der Waals surface area contributed by atoms with Gasteiger partial charge in [0, 0.05) is 34.3 Å². The number of benzene rings is 2. The molecule has 1 saturated heterocycles. The van der Waals surface area contributed by atoms with Crippen LogP contribution in [-0.2, 0) is 9.59 Å². The van der Waals surface area contributed by atoms with Crippen molar-refractivity contribution in [1.29, 1.82) is 0 Å². The van der Waals surface area contributed by atoms with Gasteiger partial charge >= 0.3 is 0 Å². The first kappa shape index (κ1) is 17.5. The van der Waals surface area contributed by atoms with Crippen molar-refractivity contribution in [3.05, 3.63) is 53.3 Å². The highest BCUT2D eigenvalue weighted by molar-refractivity contribution is 6.28. The highest BCUT2D eigenvalue weighted by atomic mass is 16.2. The molecule has 5 rings (SSSR count). The van der Waals surface area contributed by atoms with E-state index in [1.165, 1.54) is 4.90 Å². The average Bonchev–Trinajstić information content (AvgIpc) is 2.95. The van der Waals surface area contributed by atoms with Crippen LogP contribution in [0.15, 0.2) is 36.4 Å². The molecule has 144 valence electrons. The van der Waals surface area contributed by atoms with Crippen molar-refractivity contribution in [2.75, 3.05) is 4.90 Å². The van der Waals surface area contributed by atoms with Crippen molar-refractivity contribution in [1.82, 2.24) is 15.3 Å². The predicted molar refractivity (Wildman–Crippen MR) is 107 cm³/mol. The molecular weight excluding hydrogens is 368 g/mol. The summed E-state index contributed by atoms with van der Waals surface area (Å²) in [5.41, 5.74) is 3.82. The monoisotopic (exact) mass is 386 g/mol. The summed E-state index contributed by atoms with van der Waals surface area (Å²) in [7, 11) is 0. The van der Waals surface area contributed by atoms with Crippen molar-refractivity contribution in [2.45, 2.75) is 32.7 Å². The molecule has 29 heavy (non-hydrogen) atoms. The zero-order chi connectivity index (χ0) is 20.3. The Hall–Kier alpha value is -3.61. The van der Waals surface area contributed by atoms with Crippen molar-refractivity contribution in [3.8, 4) is 11.4 Å². The van der Waals surface area contributed by atoms with Crippen LogP contribution >= 0.6 is 0 Å². The summed E-state index contributed by atoms with van der Waals surface area (Å²) >= 11 is 0. The molecule has 3 heterocycles. The van der Waals surface area contributed by atoms with Crippen molar-refractivity contribution >= 4 is 34.2 Å². The van der Waals surface area contributed by atoms with Gasteiger partial charge in [0.05, 0.1) is 5.69 Å². The number of hydrogen-bond donors (Lipinski definition) is 1. The molecule has 7 heteroatoms. The molecule has 0 aliphatic carbocycles. The topological polar surface area (TPSA) is 92.3 Å². The van der Waals surface area contributed by atoms with Gasteiger partial charge in [-0.1, -0.05) is 12.1 Å². The molecule has 0 spiro atoms. The van der Waals surface area contributed by atoms with Gasteiger partial charge in [0.1, 0.15) is 6.04 Å². The lowest BCUT2D eigenvalue weighted by Crippen LogP contribution is -2.53. The van der Waals surface area contributed by atoms with Crippen LogP contribution in [0.5, 0.6) is 0 Å². The number of piperidine rings is 1. The van der Waals surface area contributed by atoms with E-state index in [9.17, 15) is 14.4 Å². The van der Waals surface area contributed by atoms with E-state index in [1.54, 1.807) is 6.07 Å². The van der Waals surface area contributed by atoms with Gasteiger partial charge in [0.15, 0.2) is 5.82 Å². The van der Waals surface area contributed by atoms with Crippen LogP contribution in [0.1, 0.15) is 34.6 Å². The molecule has 1 N–H and O–H groups in total. The zero-order valence-corrected chi connectivity index (χ0v) is 16.0. The molecule has 2 aliphatic rings. The number of carbonyl (C=O) groups excluding carboxylic acids is 3. The lowest BCUT2D eigenvalue weighted by atomic mass is 9.99. The van der Waals surface area contributed by atoms with Gasteiger partial charge < -0.3 is 0 Å². The highest BCUT2D eigenvalue weighted by Gasteiger charge is 2.40. The lowest BCUT2D eigenvalue weighted by molar-refractivity contribution is -0.134. The number of carbonyl (C=O) groups is 3. The van der Waals surface area contributed by atoms with Gasteiger partial charge in [-0.3, -0.25) is 24.6 Å². The Balaban J connectivity index is 1.69. The van der Waals surface area contributed by atoms with Crippen LogP contribution in [0.25, 0.3) is 22.2 Å². The van der Waals surface area contributed by atoms with Gasteiger partial charge in [-0.25, -0.2) is 9.97 Å². The van der Waals surface area contributed by atoms with Crippen molar-refractivity contribution < 1.29 is 14.4 Å². The van der Waals surface area contributed by atoms with Gasteiger partial charge in [0.2, 0.25) is 11.8 Å². The first-order valence-corrected chi connectivity index (χ1v) is 9.49. The second kappa shape index (κ2) is 6.20. The summed E-state index contributed by atoms with van der Waals surface area (Å²) in [6.07, 6.45) is 0.530. The Morgan fingerprint density at radius 2 is 1.72 bits per heavy atom. The summed E-state index contributed by atoms with van der Waals surface area (Å²) in [6, 6.07) is 10.5. The molecule has 1 aromatic heterocycles. The number of nitrogens with one attached hydrogen (secondary N) is 1. The molecule has 0 saturated carbocycles. The summed E-state index contributed by atoms with van der Waals surface area (Å²) in [5.74, 6) is -0.350. The minimum absolute atomic E-state index is 0.216. The Kier molecular flexibility index (Phi) is 3.74. The van der Waals surface area contributed by atoms with E-state index in [4.69, 9.17) is 0 Å². The first-order valence-electron chi connectivity index (χ1n) is 9.49. The summed E-state index contributed by atoms with van der Waals surface area (Å²) in [6.45, 7) is 3.85. The average molecular weight is 386 g/mol. The molecule has 0 radical (unpaired) electrons. The molecule has 2 aromatic carbocycles. The quantitative estimate of drug-likeness (QED) is 0.684. The third kappa shape index (κ3) is 2.61. The number of rotatable bonds is 2. The van der Waals surface area contributed by atoms with Gasteiger partial charge in [0.25, 0.3) is 5.91 Å². The van der Waals surface area contributed by atoms with Crippen molar-refractivity contribution in [2.24, 2.45) is 0 Å². The summed E-state index contributed by atoms with van der Waals surface area (Å²) < 4.78 is 0. The SMILES string of the molecule is Cc1cc(C)nc(-c2ccc3c4c(cccc24)N(C2CCC(=O)NC2=O)C3=O)n1. The normalized spacial score (nSPS) is 18.5. The van der Waals surface area contributed by atoms with Crippen LogP contribution in [0.2, 0.25) is 0 Å². The third-order valence-electron chi connectivity index (χ3n) is 5.47. The maximum atomic E-state index is 13.2. The van der Waals surface area contributed by atoms with E-state index >= 15 is 0 Å². The molecule has 7 nitrogen and oxygen atoms in total. The summed E-state index contributed by atoms with van der Waals surface area (Å²) in [4.78, 5) is 47.8. The van der Waals surface area contributed by atoms with E-state index in [0.29, 0.717) is 23.5 Å². The lowest BCUT2D eigenvalue weighted by Gasteiger charge is -2.30.